The number of hydrogen-bond donors (Lipinski definition) is 0. The number of nitrogens with zero attached hydrogens (tertiary/aromatic N) is 4. The van der Waals surface area contributed by atoms with E-state index in [2.05, 4.69) is 140 Å². The Bertz CT molecular complexity index is 3510. The Labute approximate surface area is 364 Å². The number of fused-ring (bicyclic) bond motifs is 3. The summed E-state index contributed by atoms with van der Waals surface area (Å²) in [7, 11) is 0. The number of rotatable bonds is 8. The lowest BCUT2D eigenvalue weighted by atomic mass is 9.96. The van der Waals surface area contributed by atoms with E-state index in [1.165, 1.54) is 11.1 Å². The van der Waals surface area contributed by atoms with E-state index in [-0.39, 0.29) is 0 Å². The third-order valence-corrected chi connectivity index (χ3v) is 11.6. The van der Waals surface area contributed by atoms with Crippen LogP contribution in [0.2, 0.25) is 0 Å². The van der Waals surface area contributed by atoms with Gasteiger partial charge in [0, 0.05) is 27.5 Å². The molecule has 11 rings (SSSR count). The highest BCUT2D eigenvalue weighted by atomic mass is 16.3. The summed E-state index contributed by atoms with van der Waals surface area (Å²) >= 11 is 0. The van der Waals surface area contributed by atoms with Crippen molar-refractivity contribution in [1.29, 1.82) is 5.26 Å². The van der Waals surface area contributed by atoms with E-state index >= 15 is 0 Å². The SMILES string of the molecule is N#Cc1cccc(-c2ccccc2-c2nc(-c3cccc(-c4cccc(-c5ccccc5)c4)c3)nc(-c3ccc4c(c3)oc3cccc(-c5ccc(-c6ccccc6)cc5)c34)n2)c1. The summed E-state index contributed by atoms with van der Waals surface area (Å²) in [5.74, 6) is 1.59. The molecule has 63 heavy (non-hydrogen) atoms. The minimum absolute atomic E-state index is 0.520. The molecular formula is C58H36N4O. The van der Waals surface area contributed by atoms with Crippen molar-refractivity contribution in [3.8, 4) is 95.9 Å². The lowest BCUT2D eigenvalue weighted by Crippen LogP contribution is -2.01. The Morgan fingerprint density at radius 2 is 0.794 bits per heavy atom. The van der Waals surface area contributed by atoms with Crippen molar-refractivity contribution in [1.82, 2.24) is 15.0 Å². The van der Waals surface area contributed by atoms with Crippen molar-refractivity contribution >= 4 is 21.9 Å². The third kappa shape index (κ3) is 7.22. The molecule has 0 atom stereocenters. The van der Waals surface area contributed by atoms with Crippen LogP contribution in [-0.4, -0.2) is 15.0 Å². The van der Waals surface area contributed by atoms with Crippen LogP contribution in [0.25, 0.3) is 112 Å². The van der Waals surface area contributed by atoms with Crippen molar-refractivity contribution in [3.63, 3.8) is 0 Å². The van der Waals surface area contributed by atoms with Gasteiger partial charge in [0.15, 0.2) is 17.5 Å². The van der Waals surface area contributed by atoms with Gasteiger partial charge in [-0.25, -0.2) is 15.0 Å². The lowest BCUT2D eigenvalue weighted by molar-refractivity contribution is 0.669. The van der Waals surface area contributed by atoms with Crippen LogP contribution in [0.3, 0.4) is 0 Å². The van der Waals surface area contributed by atoms with Crippen LogP contribution in [0, 0.1) is 11.3 Å². The fourth-order valence-electron chi connectivity index (χ4n) is 8.47. The Kier molecular flexibility index (Phi) is 9.50. The Morgan fingerprint density at radius 3 is 1.51 bits per heavy atom. The van der Waals surface area contributed by atoms with E-state index < -0.39 is 0 Å². The van der Waals surface area contributed by atoms with Crippen molar-refractivity contribution in [2.75, 3.05) is 0 Å². The standard InChI is InChI=1S/C58H36N4O/c59-37-38-13-9-21-46(33-38)49-23-7-8-24-51(49)58-61-56(47-22-11-20-45(35-47)44-19-10-18-43(34-44)40-16-5-2-6-17-40)60-57(62-58)48-31-32-52-54(36-48)63-53-26-12-25-50(55(52)53)42-29-27-41(28-30-42)39-14-3-1-4-15-39/h1-36H. The minimum Gasteiger partial charge on any atom is -0.456 e. The Balaban J connectivity index is 1.04. The van der Waals surface area contributed by atoms with Gasteiger partial charge in [0.05, 0.1) is 11.6 Å². The molecule has 294 valence electrons. The molecular weight excluding hydrogens is 769 g/mol. The van der Waals surface area contributed by atoms with Crippen LogP contribution in [0.5, 0.6) is 0 Å². The predicted octanol–water partition coefficient (Wildman–Crippen LogP) is 15.0. The maximum atomic E-state index is 9.75. The molecule has 0 saturated carbocycles. The molecule has 5 nitrogen and oxygen atoms in total. The molecule has 2 heterocycles. The average Bonchev–Trinajstić information content (AvgIpc) is 3.75. The van der Waals surface area contributed by atoms with Crippen LogP contribution >= 0.6 is 0 Å². The number of aromatic nitrogens is 3. The molecule has 0 N–H and O–H groups in total. The number of hydrogen-bond acceptors (Lipinski definition) is 5. The van der Waals surface area contributed by atoms with Gasteiger partial charge in [0.25, 0.3) is 0 Å². The molecule has 11 aromatic rings. The van der Waals surface area contributed by atoms with E-state index in [9.17, 15) is 5.26 Å². The van der Waals surface area contributed by atoms with Crippen LogP contribution in [0.4, 0.5) is 0 Å². The molecule has 0 radical (unpaired) electrons. The first-order chi connectivity index (χ1) is 31.1. The highest BCUT2D eigenvalue weighted by molar-refractivity contribution is 6.13. The highest BCUT2D eigenvalue weighted by Crippen LogP contribution is 2.40. The molecule has 0 fully saturated rings. The number of benzene rings is 9. The van der Waals surface area contributed by atoms with Crippen molar-refractivity contribution in [2.45, 2.75) is 0 Å². The van der Waals surface area contributed by atoms with E-state index in [1.54, 1.807) is 0 Å². The monoisotopic (exact) mass is 804 g/mol. The molecule has 2 aromatic heterocycles. The second-order valence-electron chi connectivity index (χ2n) is 15.5. The largest absolute Gasteiger partial charge is 0.456 e. The normalized spacial score (nSPS) is 11.2. The topological polar surface area (TPSA) is 75.6 Å². The van der Waals surface area contributed by atoms with Crippen LogP contribution in [0.1, 0.15) is 5.56 Å². The smallest absolute Gasteiger partial charge is 0.164 e. The van der Waals surface area contributed by atoms with Gasteiger partial charge in [-0.2, -0.15) is 5.26 Å². The van der Waals surface area contributed by atoms with Gasteiger partial charge in [0.2, 0.25) is 0 Å². The third-order valence-electron chi connectivity index (χ3n) is 11.6. The maximum Gasteiger partial charge on any atom is 0.164 e. The van der Waals surface area contributed by atoms with E-state index in [1.807, 2.05) is 84.9 Å². The van der Waals surface area contributed by atoms with Crippen molar-refractivity contribution in [2.24, 2.45) is 0 Å². The fourth-order valence-corrected chi connectivity index (χ4v) is 8.47. The summed E-state index contributed by atoms with van der Waals surface area (Å²) in [6.07, 6.45) is 0. The second-order valence-corrected chi connectivity index (χ2v) is 15.5. The van der Waals surface area contributed by atoms with Crippen molar-refractivity contribution in [3.05, 3.63) is 224 Å². The Hall–Kier alpha value is -8.72. The zero-order chi connectivity index (χ0) is 42.1. The predicted molar refractivity (Wildman–Crippen MR) is 255 cm³/mol. The van der Waals surface area contributed by atoms with Gasteiger partial charge in [-0.15, -0.1) is 0 Å². The fraction of sp³-hybridized carbons (Fsp3) is 0. The minimum atomic E-state index is 0.520. The summed E-state index contributed by atoms with van der Waals surface area (Å²) in [5, 5.41) is 11.8. The van der Waals surface area contributed by atoms with Gasteiger partial charge in [-0.3, -0.25) is 0 Å². The molecule has 9 aromatic carbocycles. The highest BCUT2D eigenvalue weighted by Gasteiger charge is 2.19. The van der Waals surface area contributed by atoms with Crippen LogP contribution in [0.15, 0.2) is 223 Å². The summed E-state index contributed by atoms with van der Waals surface area (Å²) in [6.45, 7) is 0. The maximum absolute atomic E-state index is 9.75. The first kappa shape index (κ1) is 37.3. The quantitative estimate of drug-likeness (QED) is 0.153. The summed E-state index contributed by atoms with van der Waals surface area (Å²) in [4.78, 5) is 15.6. The lowest BCUT2D eigenvalue weighted by Gasteiger charge is -2.13. The first-order valence-electron chi connectivity index (χ1n) is 20.9. The summed E-state index contributed by atoms with van der Waals surface area (Å²) in [6, 6.07) is 76.9. The molecule has 0 spiro atoms. The van der Waals surface area contributed by atoms with Gasteiger partial charge in [0.1, 0.15) is 11.2 Å². The summed E-state index contributed by atoms with van der Waals surface area (Å²) in [5.41, 5.74) is 15.5. The zero-order valence-electron chi connectivity index (χ0n) is 34.0. The van der Waals surface area contributed by atoms with Gasteiger partial charge >= 0.3 is 0 Å². The molecule has 0 saturated heterocycles. The second kappa shape index (κ2) is 16.0. The van der Waals surface area contributed by atoms with E-state index in [0.29, 0.717) is 23.0 Å². The number of nitriles is 1. The molecule has 0 bridgehead atoms. The van der Waals surface area contributed by atoms with Crippen molar-refractivity contribution < 1.29 is 4.42 Å². The van der Waals surface area contributed by atoms with E-state index in [4.69, 9.17) is 19.4 Å². The van der Waals surface area contributed by atoms with Gasteiger partial charge in [-0.05, 0) is 98.1 Å². The molecule has 0 aliphatic rings. The zero-order valence-corrected chi connectivity index (χ0v) is 34.0. The molecule has 5 heteroatoms. The molecule has 0 aliphatic heterocycles. The number of furan rings is 1. The first-order valence-corrected chi connectivity index (χ1v) is 20.9. The Morgan fingerprint density at radius 1 is 0.317 bits per heavy atom. The van der Waals surface area contributed by atoms with Crippen LogP contribution in [-0.2, 0) is 0 Å². The molecule has 0 amide bonds. The van der Waals surface area contributed by atoms with E-state index in [0.717, 1.165) is 83.1 Å². The van der Waals surface area contributed by atoms with Gasteiger partial charge < -0.3 is 4.42 Å². The molecule has 0 unspecified atom stereocenters. The average molecular weight is 805 g/mol. The van der Waals surface area contributed by atoms with Crippen LogP contribution < -0.4 is 0 Å². The van der Waals surface area contributed by atoms with Gasteiger partial charge in [-0.1, -0.05) is 176 Å². The molecule has 0 aliphatic carbocycles. The summed E-state index contributed by atoms with van der Waals surface area (Å²) < 4.78 is 6.61.